The van der Waals surface area contributed by atoms with Crippen LogP contribution in [0.1, 0.15) is 12.0 Å². The molecule has 0 aliphatic carbocycles. The SMILES string of the molecule is O=C(/C=C/CCc1ccccc1)N1CCSCC1. The Hall–Kier alpha value is -1.22. The van der Waals surface area contributed by atoms with Crippen LogP contribution in [0.5, 0.6) is 0 Å². The second kappa shape index (κ2) is 7.27. The van der Waals surface area contributed by atoms with E-state index >= 15 is 0 Å². The fraction of sp³-hybridized carbons (Fsp3) is 0.400. The van der Waals surface area contributed by atoms with Crippen molar-refractivity contribution in [1.29, 1.82) is 0 Å². The molecule has 1 aromatic rings. The Balaban J connectivity index is 1.72. The van der Waals surface area contributed by atoms with E-state index in [1.54, 1.807) is 6.08 Å². The molecular weight excluding hydrogens is 242 g/mol. The first-order valence-electron chi connectivity index (χ1n) is 6.43. The summed E-state index contributed by atoms with van der Waals surface area (Å²) in [6, 6.07) is 10.4. The number of carbonyl (C=O) groups excluding carboxylic acids is 1. The summed E-state index contributed by atoms with van der Waals surface area (Å²) in [4.78, 5) is 13.8. The molecule has 1 amide bonds. The summed E-state index contributed by atoms with van der Waals surface area (Å²) in [6.07, 6.45) is 5.66. The second-order valence-corrected chi connectivity index (χ2v) is 5.59. The largest absolute Gasteiger partial charge is 0.338 e. The van der Waals surface area contributed by atoms with Gasteiger partial charge in [-0.1, -0.05) is 36.4 Å². The van der Waals surface area contributed by atoms with Gasteiger partial charge in [0.15, 0.2) is 0 Å². The first-order valence-corrected chi connectivity index (χ1v) is 7.59. The third-order valence-corrected chi connectivity index (χ3v) is 3.97. The van der Waals surface area contributed by atoms with Crippen LogP contribution in [0.4, 0.5) is 0 Å². The molecule has 96 valence electrons. The van der Waals surface area contributed by atoms with Crippen LogP contribution in [0.3, 0.4) is 0 Å². The lowest BCUT2D eigenvalue weighted by Gasteiger charge is -2.25. The van der Waals surface area contributed by atoms with Gasteiger partial charge in [-0.2, -0.15) is 11.8 Å². The van der Waals surface area contributed by atoms with Crippen LogP contribution < -0.4 is 0 Å². The van der Waals surface area contributed by atoms with Gasteiger partial charge in [-0.15, -0.1) is 0 Å². The number of rotatable bonds is 4. The fourth-order valence-electron chi connectivity index (χ4n) is 1.97. The van der Waals surface area contributed by atoms with Gasteiger partial charge in [0.1, 0.15) is 0 Å². The van der Waals surface area contributed by atoms with E-state index in [1.165, 1.54) is 5.56 Å². The summed E-state index contributed by atoms with van der Waals surface area (Å²) in [5.41, 5.74) is 1.32. The molecule has 0 bridgehead atoms. The Morgan fingerprint density at radius 1 is 1.22 bits per heavy atom. The number of benzene rings is 1. The zero-order chi connectivity index (χ0) is 12.6. The maximum absolute atomic E-state index is 11.8. The van der Waals surface area contributed by atoms with Crippen LogP contribution in [-0.4, -0.2) is 35.4 Å². The molecule has 0 N–H and O–H groups in total. The van der Waals surface area contributed by atoms with Crippen molar-refractivity contribution in [3.63, 3.8) is 0 Å². The van der Waals surface area contributed by atoms with Crippen molar-refractivity contribution >= 4 is 17.7 Å². The Morgan fingerprint density at radius 3 is 2.67 bits per heavy atom. The fourth-order valence-corrected chi connectivity index (χ4v) is 2.87. The third-order valence-electron chi connectivity index (χ3n) is 3.03. The summed E-state index contributed by atoms with van der Waals surface area (Å²) in [5.74, 6) is 2.32. The van der Waals surface area contributed by atoms with Gasteiger partial charge in [0.25, 0.3) is 0 Å². The maximum atomic E-state index is 11.8. The number of carbonyl (C=O) groups is 1. The number of aryl methyl sites for hydroxylation is 1. The molecule has 1 aliphatic rings. The number of thioether (sulfide) groups is 1. The van der Waals surface area contributed by atoms with E-state index in [1.807, 2.05) is 28.8 Å². The van der Waals surface area contributed by atoms with Crippen LogP contribution in [0, 0.1) is 0 Å². The monoisotopic (exact) mass is 261 g/mol. The molecule has 0 aromatic heterocycles. The molecular formula is C15H19NOS. The zero-order valence-electron chi connectivity index (χ0n) is 10.5. The minimum atomic E-state index is 0.170. The Bertz CT molecular complexity index is 396. The highest BCUT2D eigenvalue weighted by molar-refractivity contribution is 7.99. The number of amides is 1. The van der Waals surface area contributed by atoms with Crippen molar-refractivity contribution in [2.75, 3.05) is 24.6 Å². The van der Waals surface area contributed by atoms with Gasteiger partial charge in [0.05, 0.1) is 0 Å². The zero-order valence-corrected chi connectivity index (χ0v) is 11.4. The first kappa shape index (κ1) is 13.2. The lowest BCUT2D eigenvalue weighted by molar-refractivity contribution is -0.125. The second-order valence-electron chi connectivity index (χ2n) is 4.36. The molecule has 1 aromatic carbocycles. The molecule has 0 atom stereocenters. The molecule has 1 heterocycles. The van der Waals surface area contributed by atoms with Crippen molar-refractivity contribution in [3.8, 4) is 0 Å². The van der Waals surface area contributed by atoms with Gasteiger partial charge in [0, 0.05) is 24.6 Å². The molecule has 1 saturated heterocycles. The Labute approximate surface area is 113 Å². The van der Waals surface area contributed by atoms with E-state index < -0.39 is 0 Å². The predicted molar refractivity (Wildman–Crippen MR) is 77.8 cm³/mol. The molecule has 0 spiro atoms. The maximum Gasteiger partial charge on any atom is 0.246 e. The minimum Gasteiger partial charge on any atom is -0.338 e. The van der Waals surface area contributed by atoms with E-state index in [4.69, 9.17) is 0 Å². The van der Waals surface area contributed by atoms with Crippen molar-refractivity contribution < 1.29 is 4.79 Å². The topological polar surface area (TPSA) is 20.3 Å². The van der Waals surface area contributed by atoms with Crippen LogP contribution in [0.25, 0.3) is 0 Å². The number of hydrogen-bond acceptors (Lipinski definition) is 2. The molecule has 0 saturated carbocycles. The lowest BCUT2D eigenvalue weighted by Crippen LogP contribution is -2.36. The lowest BCUT2D eigenvalue weighted by atomic mass is 10.1. The summed E-state index contributed by atoms with van der Waals surface area (Å²) < 4.78 is 0. The summed E-state index contributed by atoms with van der Waals surface area (Å²) in [5, 5.41) is 0. The van der Waals surface area contributed by atoms with Crippen LogP contribution in [0.2, 0.25) is 0 Å². The van der Waals surface area contributed by atoms with E-state index in [2.05, 4.69) is 24.3 Å². The van der Waals surface area contributed by atoms with Gasteiger partial charge in [-0.25, -0.2) is 0 Å². The molecule has 1 fully saturated rings. The molecule has 1 aliphatic heterocycles. The highest BCUT2D eigenvalue weighted by Gasteiger charge is 2.13. The molecule has 18 heavy (non-hydrogen) atoms. The summed E-state index contributed by atoms with van der Waals surface area (Å²) in [6.45, 7) is 1.79. The summed E-state index contributed by atoms with van der Waals surface area (Å²) >= 11 is 1.92. The third kappa shape index (κ3) is 4.22. The van der Waals surface area contributed by atoms with Gasteiger partial charge in [0.2, 0.25) is 5.91 Å². The molecule has 3 heteroatoms. The van der Waals surface area contributed by atoms with Crippen LogP contribution >= 0.6 is 11.8 Å². The summed E-state index contributed by atoms with van der Waals surface area (Å²) in [7, 11) is 0. The molecule has 0 radical (unpaired) electrons. The molecule has 2 rings (SSSR count). The van der Waals surface area contributed by atoms with Crippen LogP contribution in [0.15, 0.2) is 42.5 Å². The average Bonchev–Trinajstić information content (AvgIpc) is 2.45. The Kier molecular flexibility index (Phi) is 5.34. The quantitative estimate of drug-likeness (QED) is 0.777. The predicted octanol–water partition coefficient (Wildman–Crippen LogP) is 2.75. The van der Waals surface area contributed by atoms with Gasteiger partial charge in [-0.05, 0) is 24.5 Å². The van der Waals surface area contributed by atoms with Crippen molar-refractivity contribution in [2.24, 2.45) is 0 Å². The average molecular weight is 261 g/mol. The van der Waals surface area contributed by atoms with E-state index in [9.17, 15) is 4.79 Å². The van der Waals surface area contributed by atoms with Gasteiger partial charge < -0.3 is 4.90 Å². The van der Waals surface area contributed by atoms with Crippen LogP contribution in [-0.2, 0) is 11.2 Å². The smallest absolute Gasteiger partial charge is 0.246 e. The highest BCUT2D eigenvalue weighted by Crippen LogP contribution is 2.09. The standard InChI is InChI=1S/C15H19NOS/c17-15(16-10-12-18-13-11-16)9-5-4-8-14-6-2-1-3-7-14/h1-3,5-7,9H,4,8,10-13H2/b9-5+. The molecule has 0 unspecified atom stereocenters. The van der Waals surface area contributed by atoms with Gasteiger partial charge in [-0.3, -0.25) is 4.79 Å². The number of allylic oxidation sites excluding steroid dienone is 1. The van der Waals surface area contributed by atoms with E-state index in [0.717, 1.165) is 37.4 Å². The van der Waals surface area contributed by atoms with E-state index in [0.29, 0.717) is 0 Å². The number of hydrogen-bond donors (Lipinski definition) is 0. The van der Waals surface area contributed by atoms with Crippen molar-refractivity contribution in [3.05, 3.63) is 48.0 Å². The minimum absolute atomic E-state index is 0.170. The highest BCUT2D eigenvalue weighted by atomic mass is 32.2. The normalized spacial score (nSPS) is 16.1. The van der Waals surface area contributed by atoms with Crippen molar-refractivity contribution in [1.82, 2.24) is 4.90 Å². The van der Waals surface area contributed by atoms with Crippen molar-refractivity contribution in [2.45, 2.75) is 12.8 Å². The number of nitrogens with zero attached hydrogens (tertiary/aromatic N) is 1. The molecule has 2 nitrogen and oxygen atoms in total. The van der Waals surface area contributed by atoms with E-state index in [-0.39, 0.29) is 5.91 Å². The first-order chi connectivity index (χ1) is 8.86. The van der Waals surface area contributed by atoms with Gasteiger partial charge >= 0.3 is 0 Å². The Morgan fingerprint density at radius 2 is 1.94 bits per heavy atom.